The number of carbonyl (C=O) groups is 1. The largest absolute Gasteiger partial charge is 0.460 e. The lowest BCUT2D eigenvalue weighted by Crippen LogP contribution is -2.23. The maximum atomic E-state index is 11.8. The molecule has 0 unspecified atom stereocenters. The Balaban J connectivity index is 1.88. The molecule has 5 heteroatoms. The molecule has 0 saturated carbocycles. The number of unbranched alkanes of at least 4 members (excludes halogenated alkanes) is 2. The number of aryl methyl sites for hydroxylation is 2. The summed E-state index contributed by atoms with van der Waals surface area (Å²) in [5.41, 5.74) is 1.79. The molecule has 0 aliphatic heterocycles. The van der Waals surface area contributed by atoms with E-state index in [0.717, 1.165) is 27.6 Å². The minimum absolute atomic E-state index is 0.155. The predicted octanol–water partition coefficient (Wildman–Crippen LogP) is 5.21. The molecule has 2 aromatic rings. The summed E-state index contributed by atoms with van der Waals surface area (Å²) < 4.78 is 5.34. The molecule has 0 spiro atoms. The molecule has 0 aliphatic carbocycles. The van der Waals surface area contributed by atoms with Crippen molar-refractivity contribution in [2.75, 3.05) is 0 Å². The van der Waals surface area contributed by atoms with E-state index in [0.29, 0.717) is 12.8 Å². The standard InChI is InChI=1S/C20H28N2O2S/c1-5-6-7-8-17-21-22-19(25-17)16-12-9-15(10-13-16)11-14-18(23)24-20(2,3)4/h9-10,12-13H,5-8,11,14H2,1-4H3. The highest BCUT2D eigenvalue weighted by Gasteiger charge is 2.16. The van der Waals surface area contributed by atoms with Crippen LogP contribution in [0.5, 0.6) is 0 Å². The summed E-state index contributed by atoms with van der Waals surface area (Å²) in [7, 11) is 0. The van der Waals surface area contributed by atoms with Gasteiger partial charge in [0.05, 0.1) is 0 Å². The first-order valence-electron chi connectivity index (χ1n) is 9.01. The van der Waals surface area contributed by atoms with Gasteiger partial charge in [-0.05, 0) is 39.2 Å². The lowest BCUT2D eigenvalue weighted by Gasteiger charge is -2.19. The van der Waals surface area contributed by atoms with Crippen LogP contribution in [0.15, 0.2) is 24.3 Å². The summed E-state index contributed by atoms with van der Waals surface area (Å²) in [5, 5.41) is 10.7. The monoisotopic (exact) mass is 360 g/mol. The van der Waals surface area contributed by atoms with E-state index in [2.05, 4.69) is 41.4 Å². The van der Waals surface area contributed by atoms with Crippen LogP contribution in [-0.2, 0) is 22.4 Å². The van der Waals surface area contributed by atoms with Crippen LogP contribution in [0, 0.1) is 0 Å². The van der Waals surface area contributed by atoms with Crippen molar-refractivity contribution >= 4 is 17.3 Å². The van der Waals surface area contributed by atoms with E-state index >= 15 is 0 Å². The summed E-state index contributed by atoms with van der Waals surface area (Å²) in [6, 6.07) is 8.22. The van der Waals surface area contributed by atoms with Crippen molar-refractivity contribution < 1.29 is 9.53 Å². The molecule has 0 saturated heterocycles. The zero-order chi connectivity index (χ0) is 18.3. The molecule has 0 N–H and O–H groups in total. The van der Waals surface area contributed by atoms with Gasteiger partial charge in [0, 0.05) is 18.4 Å². The van der Waals surface area contributed by atoms with Gasteiger partial charge in [0.15, 0.2) is 0 Å². The number of aromatic nitrogens is 2. The van der Waals surface area contributed by atoms with E-state index in [1.165, 1.54) is 19.3 Å². The average Bonchev–Trinajstić information content (AvgIpc) is 3.01. The average molecular weight is 361 g/mol. The lowest BCUT2D eigenvalue weighted by atomic mass is 10.1. The molecule has 0 atom stereocenters. The van der Waals surface area contributed by atoms with Gasteiger partial charge in [-0.15, -0.1) is 10.2 Å². The summed E-state index contributed by atoms with van der Waals surface area (Å²) in [5.74, 6) is -0.155. The normalized spacial score (nSPS) is 11.5. The number of hydrogen-bond acceptors (Lipinski definition) is 5. The van der Waals surface area contributed by atoms with Gasteiger partial charge in [-0.2, -0.15) is 0 Å². The van der Waals surface area contributed by atoms with Crippen LogP contribution in [0.1, 0.15) is 63.9 Å². The van der Waals surface area contributed by atoms with Crippen molar-refractivity contribution in [3.63, 3.8) is 0 Å². The molecule has 1 aromatic carbocycles. The molecule has 0 radical (unpaired) electrons. The Morgan fingerprint density at radius 3 is 2.44 bits per heavy atom. The Morgan fingerprint density at radius 1 is 1.08 bits per heavy atom. The molecule has 4 nitrogen and oxygen atoms in total. The minimum Gasteiger partial charge on any atom is -0.460 e. The molecule has 136 valence electrons. The van der Waals surface area contributed by atoms with Gasteiger partial charge in [0.25, 0.3) is 0 Å². The minimum atomic E-state index is -0.423. The smallest absolute Gasteiger partial charge is 0.306 e. The Hall–Kier alpha value is -1.75. The van der Waals surface area contributed by atoms with E-state index in [-0.39, 0.29) is 5.97 Å². The van der Waals surface area contributed by atoms with Crippen LogP contribution in [0.4, 0.5) is 0 Å². The quantitative estimate of drug-likeness (QED) is 0.479. The fraction of sp³-hybridized carbons (Fsp3) is 0.550. The molecule has 0 fully saturated rings. The first kappa shape index (κ1) is 19.6. The summed E-state index contributed by atoms with van der Waals surface area (Å²) in [4.78, 5) is 11.8. The molecule has 0 bridgehead atoms. The topological polar surface area (TPSA) is 52.1 Å². The van der Waals surface area contributed by atoms with Gasteiger partial charge in [-0.1, -0.05) is 55.4 Å². The first-order chi connectivity index (χ1) is 11.9. The third-order valence-corrected chi connectivity index (χ3v) is 4.73. The maximum Gasteiger partial charge on any atom is 0.306 e. The van der Waals surface area contributed by atoms with Gasteiger partial charge in [0.2, 0.25) is 0 Å². The van der Waals surface area contributed by atoms with Crippen molar-refractivity contribution in [3.05, 3.63) is 34.8 Å². The van der Waals surface area contributed by atoms with Crippen molar-refractivity contribution in [1.82, 2.24) is 10.2 Å². The highest BCUT2D eigenvalue weighted by molar-refractivity contribution is 7.14. The second-order valence-electron chi connectivity index (χ2n) is 7.24. The zero-order valence-corrected chi connectivity index (χ0v) is 16.5. The second-order valence-corrected chi connectivity index (χ2v) is 8.30. The third-order valence-electron chi connectivity index (χ3n) is 3.70. The molecular formula is C20H28N2O2S. The maximum absolute atomic E-state index is 11.8. The lowest BCUT2D eigenvalue weighted by molar-refractivity contribution is -0.154. The highest BCUT2D eigenvalue weighted by atomic mass is 32.1. The van der Waals surface area contributed by atoms with Crippen LogP contribution in [0.3, 0.4) is 0 Å². The van der Waals surface area contributed by atoms with Crippen LogP contribution < -0.4 is 0 Å². The zero-order valence-electron chi connectivity index (χ0n) is 15.7. The Morgan fingerprint density at radius 2 is 1.80 bits per heavy atom. The Labute approximate surface area is 154 Å². The van der Waals surface area contributed by atoms with Gasteiger partial charge in [-0.3, -0.25) is 4.79 Å². The van der Waals surface area contributed by atoms with Crippen LogP contribution in [-0.4, -0.2) is 21.8 Å². The van der Waals surface area contributed by atoms with E-state index in [1.807, 2.05) is 20.8 Å². The van der Waals surface area contributed by atoms with E-state index in [1.54, 1.807) is 11.3 Å². The van der Waals surface area contributed by atoms with Gasteiger partial charge in [0.1, 0.15) is 15.6 Å². The summed E-state index contributed by atoms with van der Waals surface area (Å²) in [6.45, 7) is 7.87. The fourth-order valence-electron chi connectivity index (χ4n) is 2.45. The van der Waals surface area contributed by atoms with Gasteiger partial charge >= 0.3 is 5.97 Å². The molecule has 25 heavy (non-hydrogen) atoms. The van der Waals surface area contributed by atoms with E-state index < -0.39 is 5.60 Å². The van der Waals surface area contributed by atoms with Gasteiger partial charge < -0.3 is 4.74 Å². The third kappa shape index (κ3) is 6.94. The number of nitrogens with zero attached hydrogens (tertiary/aromatic N) is 2. The molecule has 2 rings (SSSR count). The molecule has 0 aliphatic rings. The van der Waals surface area contributed by atoms with Crippen molar-refractivity contribution in [2.24, 2.45) is 0 Å². The number of ether oxygens (including phenoxy) is 1. The SMILES string of the molecule is CCCCCc1nnc(-c2ccc(CCC(=O)OC(C)(C)C)cc2)s1. The number of carbonyl (C=O) groups excluding carboxylic acids is 1. The molecule has 1 heterocycles. The number of benzene rings is 1. The second kappa shape index (κ2) is 9.09. The van der Waals surface area contributed by atoms with Crippen molar-refractivity contribution in [3.8, 4) is 10.6 Å². The fourth-order valence-corrected chi connectivity index (χ4v) is 3.34. The molecular weight excluding hydrogens is 332 g/mol. The van der Waals surface area contributed by atoms with E-state index in [9.17, 15) is 4.79 Å². The summed E-state index contributed by atoms with van der Waals surface area (Å²) in [6.07, 6.45) is 5.73. The Kier molecular flexibility index (Phi) is 7.12. The number of esters is 1. The van der Waals surface area contributed by atoms with Crippen molar-refractivity contribution in [1.29, 1.82) is 0 Å². The molecule has 1 aromatic heterocycles. The van der Waals surface area contributed by atoms with E-state index in [4.69, 9.17) is 4.74 Å². The van der Waals surface area contributed by atoms with Crippen LogP contribution in [0.2, 0.25) is 0 Å². The summed E-state index contributed by atoms with van der Waals surface area (Å²) >= 11 is 1.67. The van der Waals surface area contributed by atoms with Crippen LogP contribution >= 0.6 is 11.3 Å². The number of hydrogen-bond donors (Lipinski definition) is 0. The first-order valence-corrected chi connectivity index (χ1v) is 9.82. The van der Waals surface area contributed by atoms with Crippen molar-refractivity contribution in [2.45, 2.75) is 71.8 Å². The predicted molar refractivity (Wildman–Crippen MR) is 103 cm³/mol. The van der Waals surface area contributed by atoms with Crippen LogP contribution in [0.25, 0.3) is 10.6 Å². The highest BCUT2D eigenvalue weighted by Crippen LogP contribution is 2.25. The Bertz CT molecular complexity index is 672. The number of rotatable bonds is 8. The van der Waals surface area contributed by atoms with Gasteiger partial charge in [-0.25, -0.2) is 0 Å². The molecule has 0 amide bonds.